The number of rotatable bonds is 9. The highest BCUT2D eigenvalue weighted by Gasteiger charge is 2.23. The Balaban J connectivity index is 2.25. The fourth-order valence-corrected chi connectivity index (χ4v) is 3.78. The lowest BCUT2D eigenvalue weighted by Crippen LogP contribution is -2.20. The van der Waals surface area contributed by atoms with Crippen LogP contribution >= 0.6 is 21.7 Å². The second-order valence-electron chi connectivity index (χ2n) is 7.61. The predicted molar refractivity (Wildman–Crippen MR) is 110 cm³/mol. The van der Waals surface area contributed by atoms with Crippen LogP contribution in [0.15, 0.2) is 23.1 Å². The molecule has 0 N–H and O–H groups in total. The number of hydrogen-bond donors (Lipinski definition) is 0. The van der Waals surface area contributed by atoms with Crippen LogP contribution in [0.4, 0.5) is 0 Å². The number of halogens is 1. The summed E-state index contributed by atoms with van der Waals surface area (Å²) in [5.74, 6) is 1.84. The van der Waals surface area contributed by atoms with E-state index in [1.165, 1.54) is 22.9 Å². The van der Waals surface area contributed by atoms with Crippen molar-refractivity contribution in [3.8, 4) is 0 Å². The van der Waals surface area contributed by atoms with Crippen molar-refractivity contribution in [2.75, 3.05) is 13.2 Å². The van der Waals surface area contributed by atoms with Crippen molar-refractivity contribution in [1.29, 1.82) is 0 Å². The first kappa shape index (κ1) is 20.6. The van der Waals surface area contributed by atoms with Crippen LogP contribution in [0.5, 0.6) is 0 Å². The molecule has 0 saturated carbocycles. The molecule has 2 aromatic rings. The van der Waals surface area contributed by atoms with E-state index in [1.807, 2.05) is 0 Å². The second kappa shape index (κ2) is 9.29. The molecule has 140 valence electrons. The van der Waals surface area contributed by atoms with E-state index in [-0.39, 0.29) is 5.41 Å². The molecular formula is C20H31ClN2OS. The minimum Gasteiger partial charge on any atom is -0.382 e. The zero-order valence-electron chi connectivity index (χ0n) is 16.1. The normalized spacial score (nSPS) is 13.5. The molecule has 3 nitrogen and oxygen atoms in total. The van der Waals surface area contributed by atoms with Gasteiger partial charge in [-0.15, -0.1) is 0 Å². The molecule has 0 bridgehead atoms. The zero-order valence-corrected chi connectivity index (χ0v) is 17.7. The first-order valence-corrected chi connectivity index (χ1v) is 10.9. The molecule has 2 rings (SSSR count). The Morgan fingerprint density at radius 2 is 2.00 bits per heavy atom. The van der Waals surface area contributed by atoms with E-state index in [9.17, 15) is 0 Å². The van der Waals surface area contributed by atoms with Crippen molar-refractivity contribution in [2.45, 2.75) is 70.7 Å². The lowest BCUT2D eigenvalue weighted by Gasteiger charge is -2.22. The van der Waals surface area contributed by atoms with E-state index in [0.717, 1.165) is 48.8 Å². The van der Waals surface area contributed by atoms with Crippen molar-refractivity contribution in [3.63, 3.8) is 0 Å². The van der Waals surface area contributed by atoms with E-state index in [2.05, 4.69) is 57.4 Å². The molecule has 1 unspecified atom stereocenters. The number of fused-ring (bicyclic) bond motifs is 1. The highest BCUT2D eigenvalue weighted by atomic mass is 35.7. The molecule has 0 spiro atoms. The number of imidazole rings is 1. The molecule has 25 heavy (non-hydrogen) atoms. The zero-order chi connectivity index (χ0) is 18.4. The fourth-order valence-electron chi connectivity index (χ4n) is 3.22. The molecule has 1 aromatic carbocycles. The number of ether oxygens (including phenoxy) is 1. The molecule has 0 saturated heterocycles. The summed E-state index contributed by atoms with van der Waals surface area (Å²) in [7, 11) is 7.16. The first-order chi connectivity index (χ1) is 11.9. The monoisotopic (exact) mass is 382 g/mol. The maximum absolute atomic E-state index is 5.92. The Bertz CT molecular complexity index is 678. The molecule has 0 aliphatic heterocycles. The predicted octanol–water partition coefficient (Wildman–Crippen LogP) is 6.42. The SMILES string of the molecule is CCOCCC(CC)CCn1c(C(C)(C)C)nc2cc(SCl)ccc21. The minimum atomic E-state index is 0.0142. The summed E-state index contributed by atoms with van der Waals surface area (Å²) in [4.78, 5) is 5.98. The van der Waals surface area contributed by atoms with Gasteiger partial charge >= 0.3 is 0 Å². The lowest BCUT2D eigenvalue weighted by atomic mass is 9.95. The molecule has 0 fully saturated rings. The molecule has 1 aromatic heterocycles. The lowest BCUT2D eigenvalue weighted by molar-refractivity contribution is 0.129. The molecule has 0 amide bonds. The van der Waals surface area contributed by atoms with E-state index in [1.54, 1.807) is 0 Å². The summed E-state index contributed by atoms with van der Waals surface area (Å²) >= 11 is 0. The van der Waals surface area contributed by atoms with Crippen molar-refractivity contribution in [3.05, 3.63) is 24.0 Å². The molecule has 1 heterocycles. The van der Waals surface area contributed by atoms with E-state index >= 15 is 0 Å². The number of aromatic nitrogens is 2. The Hall–Kier alpha value is -0.710. The molecule has 0 radical (unpaired) electrons. The molecular weight excluding hydrogens is 352 g/mol. The van der Waals surface area contributed by atoms with E-state index in [0.29, 0.717) is 5.92 Å². The summed E-state index contributed by atoms with van der Waals surface area (Å²) in [6, 6.07) is 6.32. The maximum atomic E-state index is 5.92. The Kier molecular flexibility index (Phi) is 7.66. The Morgan fingerprint density at radius 3 is 2.60 bits per heavy atom. The van der Waals surface area contributed by atoms with E-state index in [4.69, 9.17) is 20.4 Å². The third kappa shape index (κ3) is 5.38. The van der Waals surface area contributed by atoms with Gasteiger partial charge in [-0.25, -0.2) is 4.98 Å². The van der Waals surface area contributed by atoms with Crippen LogP contribution in [0.1, 0.15) is 59.7 Å². The van der Waals surface area contributed by atoms with Crippen LogP contribution in [0.3, 0.4) is 0 Å². The second-order valence-corrected chi connectivity index (χ2v) is 8.70. The molecule has 0 aliphatic rings. The van der Waals surface area contributed by atoms with Crippen molar-refractivity contribution < 1.29 is 4.74 Å². The van der Waals surface area contributed by atoms with Gasteiger partial charge in [0.1, 0.15) is 5.82 Å². The van der Waals surface area contributed by atoms with Crippen LogP contribution in [0.25, 0.3) is 11.0 Å². The van der Waals surface area contributed by atoms with Gasteiger partial charge in [0.2, 0.25) is 0 Å². The summed E-state index contributed by atoms with van der Waals surface area (Å²) in [5.41, 5.74) is 2.26. The van der Waals surface area contributed by atoms with Crippen LogP contribution in [-0.2, 0) is 16.7 Å². The smallest absolute Gasteiger partial charge is 0.115 e. The van der Waals surface area contributed by atoms with Crippen LogP contribution < -0.4 is 0 Å². The van der Waals surface area contributed by atoms with Gasteiger partial charge in [-0.05, 0) is 65.5 Å². The van der Waals surface area contributed by atoms with Crippen molar-refractivity contribution in [1.82, 2.24) is 9.55 Å². The van der Waals surface area contributed by atoms with Gasteiger partial charge in [-0.3, -0.25) is 0 Å². The maximum Gasteiger partial charge on any atom is 0.115 e. The average molecular weight is 383 g/mol. The summed E-state index contributed by atoms with van der Waals surface area (Å²) in [6.45, 7) is 13.7. The quantitative estimate of drug-likeness (QED) is 0.468. The third-order valence-corrected chi connectivity index (χ3v) is 5.66. The summed E-state index contributed by atoms with van der Waals surface area (Å²) in [5, 5.41) is 0. The number of hydrogen-bond acceptors (Lipinski definition) is 3. The van der Waals surface area contributed by atoms with Crippen LogP contribution in [0, 0.1) is 5.92 Å². The van der Waals surface area contributed by atoms with Crippen molar-refractivity contribution >= 4 is 32.7 Å². The molecule has 1 atom stereocenters. The van der Waals surface area contributed by atoms with Gasteiger partial charge in [-0.1, -0.05) is 34.1 Å². The van der Waals surface area contributed by atoms with E-state index < -0.39 is 0 Å². The van der Waals surface area contributed by atoms with Crippen LogP contribution in [-0.4, -0.2) is 22.8 Å². The van der Waals surface area contributed by atoms with Gasteiger partial charge < -0.3 is 9.30 Å². The molecule has 5 heteroatoms. The first-order valence-electron chi connectivity index (χ1n) is 9.27. The topological polar surface area (TPSA) is 27.1 Å². The number of benzene rings is 1. The van der Waals surface area contributed by atoms with Gasteiger partial charge in [0, 0.05) is 30.1 Å². The largest absolute Gasteiger partial charge is 0.382 e. The van der Waals surface area contributed by atoms with Gasteiger partial charge in [0.25, 0.3) is 0 Å². The highest BCUT2D eigenvalue weighted by Crippen LogP contribution is 2.31. The van der Waals surface area contributed by atoms with Gasteiger partial charge in [-0.2, -0.15) is 0 Å². The fraction of sp³-hybridized carbons (Fsp3) is 0.650. The molecule has 0 aliphatic carbocycles. The highest BCUT2D eigenvalue weighted by molar-refractivity contribution is 8.21. The summed E-state index contributed by atoms with van der Waals surface area (Å²) in [6.07, 6.45) is 3.48. The Morgan fingerprint density at radius 1 is 1.24 bits per heavy atom. The third-order valence-electron chi connectivity index (χ3n) is 4.69. The van der Waals surface area contributed by atoms with Crippen molar-refractivity contribution in [2.24, 2.45) is 5.92 Å². The van der Waals surface area contributed by atoms with Crippen LogP contribution in [0.2, 0.25) is 0 Å². The number of aryl methyl sites for hydroxylation is 1. The standard InChI is InChI=1S/C20H31ClN2OS/c1-6-15(11-13-24-7-2)10-12-23-18-9-8-16(25-21)14-17(18)22-19(23)20(3,4)5/h8-9,14-15H,6-7,10-13H2,1-5H3. The average Bonchev–Trinajstić information content (AvgIpc) is 2.96. The Labute approximate surface area is 161 Å². The minimum absolute atomic E-state index is 0.0142. The van der Waals surface area contributed by atoms with Gasteiger partial charge in [0.15, 0.2) is 0 Å². The van der Waals surface area contributed by atoms with Gasteiger partial charge in [0.05, 0.1) is 11.0 Å². The number of nitrogens with zero attached hydrogens (tertiary/aromatic N) is 2. The summed E-state index contributed by atoms with van der Waals surface area (Å²) < 4.78 is 7.95.